The molecule has 2 atom stereocenters. The molecule has 0 spiro atoms. The molecule has 5 nitrogen and oxygen atoms in total. The van der Waals surface area contributed by atoms with Crippen molar-refractivity contribution in [1.29, 1.82) is 0 Å². The number of aromatic nitrogens is 3. The molecular weight excluding hydrogens is 212 g/mol. The van der Waals surface area contributed by atoms with Gasteiger partial charge >= 0.3 is 0 Å². The van der Waals surface area contributed by atoms with Crippen LogP contribution in [0.5, 0.6) is 0 Å². The fourth-order valence-corrected chi connectivity index (χ4v) is 3.68. The number of thioether (sulfide) groups is 1. The summed E-state index contributed by atoms with van der Waals surface area (Å²) in [6.07, 6.45) is 2.83. The summed E-state index contributed by atoms with van der Waals surface area (Å²) >= 11 is 1.98. The smallest absolute Gasteiger partial charge is 0.276 e. The summed E-state index contributed by atoms with van der Waals surface area (Å²) in [6.45, 7) is 0.880. The number of hydrogen-bond donors (Lipinski definition) is 0. The molecule has 0 aromatic carbocycles. The maximum absolute atomic E-state index is 12.1. The molecule has 1 aromatic heterocycles. The second-order valence-corrected chi connectivity index (χ2v) is 5.41. The summed E-state index contributed by atoms with van der Waals surface area (Å²) in [5, 5.41) is 8.29. The molecular formula is C9H12N4OS. The molecule has 6 heteroatoms. The number of rotatable bonds is 1. The lowest BCUT2D eigenvalue weighted by molar-refractivity contribution is 0.0741. The van der Waals surface area contributed by atoms with Crippen LogP contribution >= 0.6 is 11.8 Å². The number of carbonyl (C=O) groups is 1. The van der Waals surface area contributed by atoms with Crippen LogP contribution < -0.4 is 0 Å². The number of carbonyl (C=O) groups excluding carboxylic acids is 1. The van der Waals surface area contributed by atoms with E-state index in [-0.39, 0.29) is 5.91 Å². The third-order valence-corrected chi connectivity index (χ3v) is 4.37. The molecule has 0 aliphatic carbocycles. The van der Waals surface area contributed by atoms with Gasteiger partial charge in [0, 0.05) is 30.6 Å². The number of hydrogen-bond acceptors (Lipinski definition) is 4. The van der Waals surface area contributed by atoms with Gasteiger partial charge in [0.2, 0.25) is 0 Å². The van der Waals surface area contributed by atoms with Crippen molar-refractivity contribution in [3.8, 4) is 0 Å². The minimum Gasteiger partial charge on any atom is -0.332 e. The second-order valence-electron chi connectivity index (χ2n) is 4.08. The lowest BCUT2D eigenvalue weighted by atomic mass is 10.2. The molecule has 0 radical (unpaired) electrons. The molecule has 1 amide bonds. The number of likely N-dealkylation sites (tertiary alicyclic amines) is 1. The molecule has 80 valence electrons. The van der Waals surface area contributed by atoms with Crippen LogP contribution in [0.4, 0.5) is 0 Å². The molecule has 0 unspecified atom stereocenters. The van der Waals surface area contributed by atoms with Crippen molar-refractivity contribution in [2.24, 2.45) is 7.05 Å². The van der Waals surface area contributed by atoms with Crippen molar-refractivity contribution >= 4 is 17.7 Å². The highest BCUT2D eigenvalue weighted by Gasteiger charge is 2.41. The van der Waals surface area contributed by atoms with E-state index in [1.165, 1.54) is 0 Å². The zero-order chi connectivity index (χ0) is 10.4. The number of fused-ring (bicyclic) bond motifs is 2. The van der Waals surface area contributed by atoms with Crippen molar-refractivity contribution in [3.05, 3.63) is 11.9 Å². The first-order valence-corrected chi connectivity index (χ1v) is 6.08. The first kappa shape index (κ1) is 9.21. The van der Waals surface area contributed by atoms with E-state index in [9.17, 15) is 4.79 Å². The lowest BCUT2D eigenvalue weighted by Crippen LogP contribution is -2.39. The van der Waals surface area contributed by atoms with E-state index in [2.05, 4.69) is 10.3 Å². The Morgan fingerprint density at radius 2 is 2.53 bits per heavy atom. The number of amides is 1. The van der Waals surface area contributed by atoms with Crippen LogP contribution in [0.25, 0.3) is 0 Å². The zero-order valence-corrected chi connectivity index (χ0v) is 9.28. The van der Waals surface area contributed by atoms with Crippen LogP contribution in [0.15, 0.2) is 6.20 Å². The SMILES string of the molecule is Cn1cc(C(=O)N2C[C@H]3C[C@H]2CS3)nn1. The van der Waals surface area contributed by atoms with E-state index in [1.807, 2.05) is 16.7 Å². The summed E-state index contributed by atoms with van der Waals surface area (Å²) in [6, 6.07) is 0.425. The highest BCUT2D eigenvalue weighted by atomic mass is 32.2. The normalized spacial score (nSPS) is 28.7. The third kappa shape index (κ3) is 1.43. The van der Waals surface area contributed by atoms with Crippen LogP contribution in [-0.2, 0) is 7.05 Å². The first-order chi connectivity index (χ1) is 7.24. The van der Waals surface area contributed by atoms with Crippen LogP contribution in [0, 0.1) is 0 Å². The van der Waals surface area contributed by atoms with Gasteiger partial charge < -0.3 is 4.90 Å². The predicted molar refractivity (Wildman–Crippen MR) is 56.7 cm³/mol. The summed E-state index contributed by atoms with van der Waals surface area (Å²) in [4.78, 5) is 14.0. The van der Waals surface area contributed by atoms with E-state index in [4.69, 9.17) is 0 Å². The Bertz CT molecular complexity index is 405. The third-order valence-electron chi connectivity index (χ3n) is 2.98. The van der Waals surface area contributed by atoms with Gasteiger partial charge in [-0.2, -0.15) is 11.8 Å². The summed E-state index contributed by atoms with van der Waals surface area (Å²) in [7, 11) is 1.77. The van der Waals surface area contributed by atoms with Crippen molar-refractivity contribution in [2.75, 3.05) is 12.3 Å². The molecule has 0 saturated carbocycles. The van der Waals surface area contributed by atoms with Crippen molar-refractivity contribution in [1.82, 2.24) is 19.9 Å². The molecule has 2 aliphatic heterocycles. The minimum absolute atomic E-state index is 0.0379. The van der Waals surface area contributed by atoms with Gasteiger partial charge in [-0.3, -0.25) is 9.48 Å². The van der Waals surface area contributed by atoms with Gasteiger partial charge in [0.15, 0.2) is 5.69 Å². The van der Waals surface area contributed by atoms with Gasteiger partial charge in [-0.25, -0.2) is 0 Å². The molecule has 2 aliphatic rings. The van der Waals surface area contributed by atoms with Crippen LogP contribution in [0.3, 0.4) is 0 Å². The van der Waals surface area contributed by atoms with Crippen LogP contribution in [-0.4, -0.2) is 49.4 Å². The predicted octanol–water partition coefficient (Wildman–Crippen LogP) is 0.145. The fourth-order valence-electron chi connectivity index (χ4n) is 2.24. The van der Waals surface area contributed by atoms with Crippen molar-refractivity contribution < 1.29 is 4.79 Å². The maximum Gasteiger partial charge on any atom is 0.276 e. The first-order valence-electron chi connectivity index (χ1n) is 5.03. The largest absolute Gasteiger partial charge is 0.332 e. The highest BCUT2D eigenvalue weighted by molar-refractivity contribution is 8.00. The Kier molecular flexibility index (Phi) is 1.98. The number of aryl methyl sites for hydroxylation is 1. The Morgan fingerprint density at radius 3 is 3.07 bits per heavy atom. The monoisotopic (exact) mass is 224 g/mol. The summed E-state index contributed by atoms with van der Waals surface area (Å²) in [5.74, 6) is 1.12. The zero-order valence-electron chi connectivity index (χ0n) is 8.46. The van der Waals surface area contributed by atoms with E-state index in [0.717, 1.165) is 18.7 Å². The van der Waals surface area contributed by atoms with Gasteiger partial charge in [0.05, 0.1) is 6.20 Å². The quantitative estimate of drug-likeness (QED) is 0.681. The average Bonchev–Trinajstić information content (AvgIpc) is 2.90. The summed E-state index contributed by atoms with van der Waals surface area (Å²) < 4.78 is 1.57. The van der Waals surface area contributed by atoms with Gasteiger partial charge in [0.25, 0.3) is 5.91 Å². The van der Waals surface area contributed by atoms with Gasteiger partial charge in [-0.05, 0) is 6.42 Å². The van der Waals surface area contributed by atoms with E-state index >= 15 is 0 Å². The van der Waals surface area contributed by atoms with Crippen molar-refractivity contribution in [2.45, 2.75) is 17.7 Å². The molecule has 2 bridgehead atoms. The topological polar surface area (TPSA) is 51.0 Å². The Hall–Kier alpha value is -1.04. The maximum atomic E-state index is 12.1. The highest BCUT2D eigenvalue weighted by Crippen LogP contribution is 2.37. The number of nitrogens with zero attached hydrogens (tertiary/aromatic N) is 4. The van der Waals surface area contributed by atoms with Gasteiger partial charge in [-0.15, -0.1) is 5.10 Å². The van der Waals surface area contributed by atoms with Crippen molar-refractivity contribution in [3.63, 3.8) is 0 Å². The Morgan fingerprint density at radius 1 is 1.67 bits per heavy atom. The van der Waals surface area contributed by atoms with Gasteiger partial charge in [-0.1, -0.05) is 5.21 Å². The molecule has 15 heavy (non-hydrogen) atoms. The minimum atomic E-state index is 0.0379. The van der Waals surface area contributed by atoms with E-state index in [1.54, 1.807) is 17.9 Å². The fraction of sp³-hybridized carbons (Fsp3) is 0.667. The van der Waals surface area contributed by atoms with Crippen LogP contribution in [0.1, 0.15) is 16.9 Å². The summed E-state index contributed by atoms with van der Waals surface area (Å²) in [5.41, 5.74) is 0.468. The molecule has 1 aromatic rings. The standard InChI is InChI=1S/C9H12N4OS/c1-12-4-8(10-11-12)9(14)13-3-7-2-6(13)5-15-7/h4,6-7H,2-3,5H2,1H3/t6-,7+/m0/s1. The van der Waals surface area contributed by atoms with Gasteiger partial charge in [0.1, 0.15) is 0 Å². The average molecular weight is 224 g/mol. The molecule has 3 heterocycles. The van der Waals surface area contributed by atoms with Crippen LogP contribution in [0.2, 0.25) is 0 Å². The van der Waals surface area contributed by atoms with E-state index < -0.39 is 0 Å². The molecule has 2 saturated heterocycles. The lowest BCUT2D eigenvalue weighted by Gasteiger charge is -2.25. The molecule has 3 rings (SSSR count). The Balaban J connectivity index is 1.81. The molecule has 2 fully saturated rings. The Labute approximate surface area is 91.8 Å². The second kappa shape index (κ2) is 3.23. The van der Waals surface area contributed by atoms with E-state index in [0.29, 0.717) is 17.0 Å². The molecule has 0 N–H and O–H groups in total.